The Morgan fingerprint density at radius 1 is 1.29 bits per heavy atom. The van der Waals surface area contributed by atoms with E-state index in [1.807, 2.05) is 0 Å². The number of rotatable bonds is 1. The standard InChI is InChI=1S/C14H17N3/c1-8-2-4-12-13(6-8)17-14(16-12)10-7-9-3-5-11(10)15-9/h2,4,6,9-11,15H,3,5,7H2,1H3,(H,16,17). The molecule has 2 aliphatic rings. The van der Waals surface area contributed by atoms with Crippen LogP contribution in [-0.2, 0) is 0 Å². The van der Waals surface area contributed by atoms with Gasteiger partial charge in [0.15, 0.2) is 0 Å². The van der Waals surface area contributed by atoms with E-state index in [0.29, 0.717) is 12.0 Å². The second-order valence-electron chi connectivity index (χ2n) is 5.53. The lowest BCUT2D eigenvalue weighted by Gasteiger charge is -2.17. The molecule has 4 rings (SSSR count). The predicted molar refractivity (Wildman–Crippen MR) is 68.1 cm³/mol. The number of nitrogens with one attached hydrogen (secondary N) is 2. The van der Waals surface area contributed by atoms with Crippen LogP contribution in [0.15, 0.2) is 18.2 Å². The molecule has 3 heteroatoms. The van der Waals surface area contributed by atoms with Gasteiger partial charge >= 0.3 is 0 Å². The summed E-state index contributed by atoms with van der Waals surface area (Å²) in [6, 6.07) is 7.82. The van der Waals surface area contributed by atoms with Gasteiger partial charge in [-0.3, -0.25) is 0 Å². The molecule has 1 aromatic carbocycles. The van der Waals surface area contributed by atoms with Crippen LogP contribution in [0.4, 0.5) is 0 Å². The molecule has 17 heavy (non-hydrogen) atoms. The van der Waals surface area contributed by atoms with Crippen LogP contribution in [-0.4, -0.2) is 22.1 Å². The highest BCUT2D eigenvalue weighted by Gasteiger charge is 2.41. The summed E-state index contributed by atoms with van der Waals surface area (Å²) >= 11 is 0. The van der Waals surface area contributed by atoms with Gasteiger partial charge in [0.2, 0.25) is 0 Å². The van der Waals surface area contributed by atoms with E-state index >= 15 is 0 Å². The molecule has 0 aliphatic carbocycles. The fourth-order valence-corrected chi connectivity index (χ4v) is 3.45. The largest absolute Gasteiger partial charge is 0.342 e. The van der Waals surface area contributed by atoms with E-state index in [0.717, 1.165) is 11.6 Å². The van der Waals surface area contributed by atoms with Crippen molar-refractivity contribution >= 4 is 11.0 Å². The molecule has 2 bridgehead atoms. The second-order valence-corrected chi connectivity index (χ2v) is 5.53. The zero-order valence-corrected chi connectivity index (χ0v) is 10.0. The van der Waals surface area contributed by atoms with Crippen molar-refractivity contribution in [2.24, 2.45) is 0 Å². The molecule has 0 spiro atoms. The van der Waals surface area contributed by atoms with Crippen molar-refractivity contribution in [3.8, 4) is 0 Å². The fraction of sp³-hybridized carbons (Fsp3) is 0.500. The second kappa shape index (κ2) is 3.33. The zero-order chi connectivity index (χ0) is 11.4. The Morgan fingerprint density at radius 2 is 2.24 bits per heavy atom. The molecular formula is C14H17N3. The normalized spacial score (nSPS) is 31.5. The van der Waals surface area contributed by atoms with Gasteiger partial charge in [-0.05, 0) is 43.9 Å². The number of fused-ring (bicyclic) bond motifs is 3. The number of aromatic nitrogens is 2. The highest BCUT2D eigenvalue weighted by atomic mass is 15.1. The lowest BCUT2D eigenvalue weighted by molar-refractivity contribution is 0.491. The van der Waals surface area contributed by atoms with Gasteiger partial charge in [-0.1, -0.05) is 6.07 Å². The summed E-state index contributed by atoms with van der Waals surface area (Å²) in [7, 11) is 0. The van der Waals surface area contributed by atoms with Gasteiger partial charge in [0.1, 0.15) is 5.82 Å². The van der Waals surface area contributed by atoms with Crippen LogP contribution < -0.4 is 5.32 Å². The summed E-state index contributed by atoms with van der Waals surface area (Å²) in [4.78, 5) is 8.27. The molecule has 0 radical (unpaired) electrons. The number of aromatic amines is 1. The first kappa shape index (κ1) is 9.66. The average molecular weight is 227 g/mol. The number of hydrogen-bond donors (Lipinski definition) is 2. The van der Waals surface area contributed by atoms with Gasteiger partial charge in [0, 0.05) is 18.0 Å². The highest BCUT2D eigenvalue weighted by molar-refractivity contribution is 5.75. The van der Waals surface area contributed by atoms with Crippen LogP contribution in [0.1, 0.15) is 36.6 Å². The zero-order valence-electron chi connectivity index (χ0n) is 10.0. The summed E-state index contributed by atoms with van der Waals surface area (Å²) in [6.45, 7) is 2.12. The highest BCUT2D eigenvalue weighted by Crippen LogP contribution is 2.39. The number of hydrogen-bond acceptors (Lipinski definition) is 2. The molecule has 0 amide bonds. The molecule has 3 unspecified atom stereocenters. The smallest absolute Gasteiger partial charge is 0.111 e. The van der Waals surface area contributed by atoms with E-state index in [1.165, 1.54) is 36.2 Å². The first-order chi connectivity index (χ1) is 8.29. The van der Waals surface area contributed by atoms with Crippen molar-refractivity contribution < 1.29 is 0 Å². The summed E-state index contributed by atoms with van der Waals surface area (Å²) < 4.78 is 0. The number of benzene rings is 1. The van der Waals surface area contributed by atoms with Crippen LogP contribution in [0.25, 0.3) is 11.0 Å². The molecule has 88 valence electrons. The molecule has 2 aliphatic heterocycles. The maximum absolute atomic E-state index is 4.76. The van der Waals surface area contributed by atoms with Gasteiger partial charge in [0.05, 0.1) is 11.0 Å². The SMILES string of the molecule is Cc1ccc2nc(C3CC4CCC3N4)[nH]c2c1. The minimum absolute atomic E-state index is 0.599. The minimum Gasteiger partial charge on any atom is -0.342 e. The molecule has 3 heterocycles. The van der Waals surface area contributed by atoms with E-state index in [4.69, 9.17) is 4.98 Å². The average Bonchev–Trinajstić information content (AvgIpc) is 3.01. The van der Waals surface area contributed by atoms with Crippen LogP contribution in [0.3, 0.4) is 0 Å². The maximum atomic E-state index is 4.76. The van der Waals surface area contributed by atoms with Crippen molar-refractivity contribution in [2.45, 2.75) is 44.2 Å². The van der Waals surface area contributed by atoms with E-state index in [1.54, 1.807) is 0 Å². The van der Waals surface area contributed by atoms with Gasteiger partial charge < -0.3 is 10.3 Å². The molecule has 1 aromatic heterocycles. The first-order valence-electron chi connectivity index (χ1n) is 6.52. The summed E-state index contributed by atoms with van der Waals surface area (Å²) in [5, 5.41) is 3.67. The van der Waals surface area contributed by atoms with Crippen LogP contribution in [0.5, 0.6) is 0 Å². The molecule has 2 aromatic rings. The summed E-state index contributed by atoms with van der Waals surface area (Å²) in [5.41, 5.74) is 3.58. The van der Waals surface area contributed by atoms with E-state index in [-0.39, 0.29) is 0 Å². The van der Waals surface area contributed by atoms with Crippen molar-refractivity contribution in [1.82, 2.24) is 15.3 Å². The van der Waals surface area contributed by atoms with Crippen LogP contribution in [0.2, 0.25) is 0 Å². The maximum Gasteiger partial charge on any atom is 0.111 e. The lowest BCUT2D eigenvalue weighted by atomic mass is 9.89. The van der Waals surface area contributed by atoms with Crippen molar-refractivity contribution in [3.63, 3.8) is 0 Å². The molecule has 3 nitrogen and oxygen atoms in total. The third-order valence-corrected chi connectivity index (χ3v) is 4.31. The summed E-state index contributed by atoms with van der Waals surface area (Å²) in [6.07, 6.45) is 3.91. The Bertz CT molecular complexity index is 572. The Balaban J connectivity index is 1.76. The van der Waals surface area contributed by atoms with Gasteiger partial charge in [-0.2, -0.15) is 0 Å². The third-order valence-electron chi connectivity index (χ3n) is 4.31. The molecule has 2 fully saturated rings. The van der Waals surface area contributed by atoms with Crippen LogP contribution >= 0.6 is 0 Å². The molecule has 2 N–H and O–H groups in total. The van der Waals surface area contributed by atoms with Gasteiger partial charge in [-0.15, -0.1) is 0 Å². The van der Waals surface area contributed by atoms with E-state index in [9.17, 15) is 0 Å². The quantitative estimate of drug-likeness (QED) is 0.785. The Labute approximate surface area is 101 Å². The van der Waals surface area contributed by atoms with Crippen molar-refractivity contribution in [1.29, 1.82) is 0 Å². The third kappa shape index (κ3) is 1.42. The van der Waals surface area contributed by atoms with Crippen LogP contribution in [0, 0.1) is 6.92 Å². The molecule has 2 saturated heterocycles. The first-order valence-corrected chi connectivity index (χ1v) is 6.52. The van der Waals surface area contributed by atoms with E-state index < -0.39 is 0 Å². The predicted octanol–water partition coefficient (Wildman–Crippen LogP) is 2.48. The number of H-pyrrole nitrogens is 1. The summed E-state index contributed by atoms with van der Waals surface area (Å²) in [5.74, 6) is 1.78. The molecular weight excluding hydrogens is 210 g/mol. The van der Waals surface area contributed by atoms with Crippen molar-refractivity contribution in [2.75, 3.05) is 0 Å². The van der Waals surface area contributed by atoms with Gasteiger partial charge in [0.25, 0.3) is 0 Å². The Kier molecular flexibility index (Phi) is 1.89. The fourth-order valence-electron chi connectivity index (χ4n) is 3.45. The van der Waals surface area contributed by atoms with Gasteiger partial charge in [-0.25, -0.2) is 4.98 Å². The monoisotopic (exact) mass is 227 g/mol. The lowest BCUT2D eigenvalue weighted by Crippen LogP contribution is -2.22. The number of nitrogens with zero attached hydrogens (tertiary/aromatic N) is 1. The number of aryl methyl sites for hydroxylation is 1. The van der Waals surface area contributed by atoms with E-state index in [2.05, 4.69) is 35.4 Å². The topological polar surface area (TPSA) is 40.7 Å². The number of imidazole rings is 1. The Morgan fingerprint density at radius 3 is 3.00 bits per heavy atom. The van der Waals surface area contributed by atoms with Crippen molar-refractivity contribution in [3.05, 3.63) is 29.6 Å². The Hall–Kier alpha value is -1.35. The molecule has 3 atom stereocenters. The molecule has 0 saturated carbocycles. The minimum atomic E-state index is 0.599.